The van der Waals surface area contributed by atoms with Crippen LogP contribution >= 0.6 is 15.8 Å². The maximum absolute atomic E-state index is 6.82. The van der Waals surface area contributed by atoms with Crippen LogP contribution in [0.15, 0.2) is 72.8 Å². The van der Waals surface area contributed by atoms with Gasteiger partial charge in [0.05, 0.1) is 10.7 Å². The highest BCUT2D eigenvalue weighted by Gasteiger charge is 2.71. The van der Waals surface area contributed by atoms with Crippen molar-refractivity contribution in [2.24, 2.45) is 0 Å². The van der Waals surface area contributed by atoms with Gasteiger partial charge in [0.1, 0.15) is 0 Å². The lowest BCUT2D eigenvalue weighted by atomic mass is 9.98. The molecule has 0 aromatic heterocycles. The normalized spacial score (nSPS) is 35.6. The first-order valence-corrected chi connectivity index (χ1v) is 15.1. The number of benzene rings is 3. The standard InChI is InChI=1S/C30H34O3P2/c1-21-13-7-9-15-23(21)34(24-16-10-8-14-22(24)2)25-17-11-12-18-26(25)35-29(5)19-27(3)31-28(4,33-29)20-30(35,6)32-27/h7-18H,19-20H2,1-6H3/t27-,28-,29+,30+/m0/s1. The van der Waals surface area contributed by atoms with E-state index in [0.29, 0.717) is 0 Å². The molecule has 4 aliphatic heterocycles. The fraction of sp³-hybridized carbons (Fsp3) is 0.400. The van der Waals surface area contributed by atoms with Gasteiger partial charge in [-0.15, -0.1) is 0 Å². The second kappa shape index (κ2) is 7.95. The molecule has 4 bridgehead atoms. The Morgan fingerprint density at radius 1 is 0.600 bits per heavy atom. The average Bonchev–Trinajstić information content (AvgIpc) is 2.74. The van der Waals surface area contributed by atoms with Gasteiger partial charge in [0.25, 0.3) is 0 Å². The first-order chi connectivity index (χ1) is 16.6. The van der Waals surface area contributed by atoms with Crippen molar-refractivity contribution in [2.75, 3.05) is 0 Å². The monoisotopic (exact) mass is 504 g/mol. The van der Waals surface area contributed by atoms with Crippen molar-refractivity contribution in [3.63, 3.8) is 0 Å². The number of hydrogen-bond donors (Lipinski definition) is 0. The van der Waals surface area contributed by atoms with Gasteiger partial charge in [-0.3, -0.25) is 0 Å². The molecule has 182 valence electrons. The molecule has 3 aromatic carbocycles. The molecule has 3 nitrogen and oxygen atoms in total. The van der Waals surface area contributed by atoms with Crippen LogP contribution in [0.3, 0.4) is 0 Å². The molecule has 0 spiro atoms. The number of hydrogen-bond acceptors (Lipinski definition) is 3. The van der Waals surface area contributed by atoms with Crippen molar-refractivity contribution in [3.05, 3.63) is 83.9 Å². The summed E-state index contributed by atoms with van der Waals surface area (Å²) in [5, 5.41) is 5.06. The van der Waals surface area contributed by atoms with E-state index in [1.165, 1.54) is 32.3 Å². The molecule has 7 rings (SSSR count). The Morgan fingerprint density at radius 2 is 1.03 bits per heavy atom. The highest BCUT2D eigenvalue weighted by atomic mass is 31.1. The van der Waals surface area contributed by atoms with Gasteiger partial charge < -0.3 is 14.2 Å². The molecule has 0 amide bonds. The second-order valence-corrected chi connectivity index (χ2v) is 16.2. The summed E-state index contributed by atoms with van der Waals surface area (Å²) in [5.41, 5.74) is 2.68. The molecule has 4 atom stereocenters. The summed E-state index contributed by atoms with van der Waals surface area (Å²) in [4.78, 5) is 0. The summed E-state index contributed by atoms with van der Waals surface area (Å²) in [6.07, 6.45) is 1.50. The molecule has 0 aliphatic carbocycles. The minimum atomic E-state index is -0.790. The summed E-state index contributed by atoms with van der Waals surface area (Å²) in [5.74, 6) is -1.20. The van der Waals surface area contributed by atoms with Crippen LogP contribution in [-0.2, 0) is 14.2 Å². The molecular weight excluding hydrogens is 470 g/mol. The van der Waals surface area contributed by atoms with E-state index in [9.17, 15) is 0 Å². The van der Waals surface area contributed by atoms with Gasteiger partial charge in [-0.05, 0) is 89.7 Å². The minimum Gasteiger partial charge on any atom is -0.339 e. The Labute approximate surface area is 211 Å². The predicted octanol–water partition coefficient (Wildman–Crippen LogP) is 5.90. The molecule has 3 aromatic rings. The Hall–Kier alpha value is -1.60. The zero-order valence-electron chi connectivity index (χ0n) is 21.5. The summed E-state index contributed by atoms with van der Waals surface area (Å²) in [6.45, 7) is 13.3. The lowest BCUT2D eigenvalue weighted by molar-refractivity contribution is -0.467. The summed E-state index contributed by atoms with van der Waals surface area (Å²) in [6, 6.07) is 26.9. The molecule has 0 unspecified atom stereocenters. The van der Waals surface area contributed by atoms with Gasteiger partial charge in [-0.2, -0.15) is 0 Å². The van der Waals surface area contributed by atoms with Gasteiger partial charge in [-0.25, -0.2) is 0 Å². The predicted molar refractivity (Wildman–Crippen MR) is 147 cm³/mol. The van der Waals surface area contributed by atoms with Gasteiger partial charge in [0.15, 0.2) is 11.6 Å². The van der Waals surface area contributed by atoms with Crippen LogP contribution in [-0.4, -0.2) is 22.3 Å². The molecular formula is C30H34O3P2. The van der Waals surface area contributed by atoms with Crippen molar-refractivity contribution in [3.8, 4) is 0 Å². The average molecular weight is 505 g/mol. The van der Waals surface area contributed by atoms with Crippen LogP contribution in [0.4, 0.5) is 0 Å². The second-order valence-electron chi connectivity index (χ2n) is 11.0. The van der Waals surface area contributed by atoms with Gasteiger partial charge in [-0.1, -0.05) is 72.8 Å². The van der Waals surface area contributed by atoms with E-state index in [2.05, 4.69) is 114 Å². The largest absolute Gasteiger partial charge is 0.339 e. The van der Waals surface area contributed by atoms with Crippen LogP contribution in [0.5, 0.6) is 0 Å². The third-order valence-electron chi connectivity index (χ3n) is 7.62. The lowest BCUT2D eigenvalue weighted by Crippen LogP contribution is -2.72. The Balaban J connectivity index is 1.58. The van der Waals surface area contributed by atoms with E-state index in [1.54, 1.807) is 0 Å². The Kier molecular flexibility index (Phi) is 5.40. The fourth-order valence-electron chi connectivity index (χ4n) is 6.96. The van der Waals surface area contributed by atoms with Crippen LogP contribution in [0, 0.1) is 13.8 Å². The molecule has 4 saturated heterocycles. The molecule has 0 saturated carbocycles. The smallest absolute Gasteiger partial charge is 0.173 e. The zero-order chi connectivity index (χ0) is 24.6. The van der Waals surface area contributed by atoms with E-state index in [0.717, 1.165) is 12.8 Å². The first-order valence-electron chi connectivity index (χ1n) is 12.5. The lowest BCUT2D eigenvalue weighted by Gasteiger charge is -2.69. The fourth-order valence-corrected chi connectivity index (χ4v) is 14.2. The maximum atomic E-state index is 6.82. The number of aryl methyl sites for hydroxylation is 2. The SMILES string of the molecule is Cc1ccccc1P(c1ccccc1C)c1ccccc1P1[C@]2(C)C[C@@]3(C)O[C@](C)(C[C@]1(C)O3)O2. The molecule has 35 heavy (non-hydrogen) atoms. The van der Waals surface area contributed by atoms with E-state index in [-0.39, 0.29) is 10.7 Å². The van der Waals surface area contributed by atoms with E-state index in [1.807, 2.05) is 0 Å². The zero-order valence-corrected chi connectivity index (χ0v) is 23.3. The topological polar surface area (TPSA) is 27.7 Å². The molecule has 4 aliphatic rings. The van der Waals surface area contributed by atoms with Crippen LogP contribution in [0.25, 0.3) is 0 Å². The van der Waals surface area contributed by atoms with Crippen molar-refractivity contribution in [1.29, 1.82) is 0 Å². The van der Waals surface area contributed by atoms with Crippen molar-refractivity contribution >= 4 is 37.1 Å². The highest BCUT2D eigenvalue weighted by Crippen LogP contribution is 2.75. The van der Waals surface area contributed by atoms with Crippen LogP contribution < -0.4 is 21.2 Å². The minimum absolute atomic E-state index is 0.309. The highest BCUT2D eigenvalue weighted by molar-refractivity contribution is 7.82. The Bertz CT molecular complexity index is 1210. The molecule has 0 radical (unpaired) electrons. The van der Waals surface area contributed by atoms with Crippen molar-refractivity contribution in [1.82, 2.24) is 0 Å². The van der Waals surface area contributed by atoms with Crippen molar-refractivity contribution in [2.45, 2.75) is 76.6 Å². The van der Waals surface area contributed by atoms with Crippen molar-refractivity contribution < 1.29 is 14.2 Å². The van der Waals surface area contributed by atoms with Crippen LogP contribution in [0.2, 0.25) is 0 Å². The number of rotatable bonds is 4. The maximum Gasteiger partial charge on any atom is 0.173 e. The van der Waals surface area contributed by atoms with Crippen LogP contribution in [0.1, 0.15) is 51.7 Å². The molecule has 4 fully saturated rings. The quantitative estimate of drug-likeness (QED) is 0.414. The summed E-state index contributed by atoms with van der Waals surface area (Å²) < 4.78 is 20.0. The molecule has 0 N–H and O–H groups in total. The van der Waals surface area contributed by atoms with Gasteiger partial charge >= 0.3 is 0 Å². The third kappa shape index (κ3) is 3.75. The van der Waals surface area contributed by atoms with E-state index < -0.39 is 27.4 Å². The number of ether oxygens (including phenoxy) is 3. The molecule has 5 heteroatoms. The van der Waals surface area contributed by atoms with E-state index in [4.69, 9.17) is 14.2 Å². The Morgan fingerprint density at radius 3 is 1.51 bits per heavy atom. The van der Waals surface area contributed by atoms with E-state index >= 15 is 0 Å². The molecule has 4 heterocycles. The van der Waals surface area contributed by atoms with Gasteiger partial charge in [0.2, 0.25) is 0 Å². The summed E-state index contributed by atoms with van der Waals surface area (Å²) >= 11 is 0. The third-order valence-corrected chi connectivity index (χ3v) is 13.9. The summed E-state index contributed by atoms with van der Waals surface area (Å²) in [7, 11) is -1.54. The van der Waals surface area contributed by atoms with Gasteiger partial charge in [0, 0.05) is 12.8 Å². The first kappa shape index (κ1) is 23.8.